The monoisotopic (exact) mass is 2120 g/mol. The van der Waals surface area contributed by atoms with E-state index < -0.39 is 77.0 Å². The third-order valence-electron chi connectivity index (χ3n) is 22.2. The summed E-state index contributed by atoms with van der Waals surface area (Å²) in [7, 11) is 0.259. The summed E-state index contributed by atoms with van der Waals surface area (Å²) in [6.07, 6.45) is 2.98. The Kier molecular flexibility index (Phi) is 36.3. The summed E-state index contributed by atoms with van der Waals surface area (Å²) in [4.78, 5) is 120. The van der Waals surface area contributed by atoms with Gasteiger partial charge in [0.1, 0.15) is 76.9 Å². The molecule has 0 radical (unpaired) electrons. The number of aryl methyl sites for hydroxylation is 2. The molecular formula is C90H94BrCl3F7K2N27O11. The molecular weight excluding hydrogens is 2030 g/mol. The van der Waals surface area contributed by atoms with Crippen LogP contribution < -0.4 is 167 Å². The molecule has 38 nitrogen and oxygen atoms in total. The fraction of sp³-hybridized carbons (Fsp3) is 0.333. The van der Waals surface area contributed by atoms with Crippen LogP contribution in [0, 0.1) is 48.8 Å². The van der Waals surface area contributed by atoms with E-state index in [1.54, 1.807) is 109 Å². The maximum Gasteiger partial charge on any atom is 1.00 e. The Hall–Kier alpha value is -10.9. The second-order valence-electron chi connectivity index (χ2n) is 33.5. The molecule has 141 heavy (non-hydrogen) atoms. The Morgan fingerprint density at radius 3 is 1.25 bits per heavy atom. The first kappa shape index (κ1) is 109. The van der Waals surface area contributed by atoms with Crippen LogP contribution in [0.5, 0.6) is 5.75 Å². The van der Waals surface area contributed by atoms with E-state index in [0.29, 0.717) is 107 Å². The van der Waals surface area contributed by atoms with E-state index in [9.17, 15) is 45.9 Å². The summed E-state index contributed by atoms with van der Waals surface area (Å²) in [6, 6.07) is 22.4. The molecule has 12 heterocycles. The van der Waals surface area contributed by atoms with Gasteiger partial charge in [-0.2, -0.15) is 19.7 Å². The van der Waals surface area contributed by atoms with Crippen molar-refractivity contribution in [2.24, 2.45) is 0 Å². The number of nitrogens with two attached hydrogens (primary N) is 3. The number of anilines is 3. The quantitative estimate of drug-likeness (QED) is 0.0199. The van der Waals surface area contributed by atoms with Gasteiger partial charge in [0, 0.05) is 69.0 Å². The number of aromatic nitrogens is 18. The maximum absolute atomic E-state index is 15.3. The molecule has 2 amide bonds. The van der Waals surface area contributed by atoms with Crippen LogP contribution in [0.3, 0.4) is 0 Å². The average molecular weight is 2130 g/mol. The minimum absolute atomic E-state index is 0. The largest absolute Gasteiger partial charge is 1.00 e. The van der Waals surface area contributed by atoms with Gasteiger partial charge in [-0.1, -0.05) is 81.1 Å². The van der Waals surface area contributed by atoms with Crippen LogP contribution in [-0.2, 0) is 19.2 Å². The molecule has 15 aromatic rings. The van der Waals surface area contributed by atoms with Gasteiger partial charge in [-0.05, 0) is 148 Å². The number of methoxy groups -OCH3 is 1. The molecule has 0 spiro atoms. The van der Waals surface area contributed by atoms with Crippen molar-refractivity contribution in [2.45, 2.75) is 104 Å². The van der Waals surface area contributed by atoms with Crippen molar-refractivity contribution in [2.75, 3.05) is 125 Å². The van der Waals surface area contributed by atoms with Gasteiger partial charge in [-0.3, -0.25) is 28.7 Å². The average Bonchev–Trinajstić information content (AvgIpc) is 1.70. The molecule has 6 aromatic carbocycles. The summed E-state index contributed by atoms with van der Waals surface area (Å²) in [6.45, 7) is 24.7. The number of piperazine rings is 3. The van der Waals surface area contributed by atoms with Crippen molar-refractivity contribution in [3.63, 3.8) is 0 Å². The number of alkyl halides is 2. The molecule has 9 aromatic heterocycles. The topological polar surface area (TPSA) is 464 Å². The number of hydrogen-bond acceptors (Lipinski definition) is 30. The number of amides is 2. The van der Waals surface area contributed by atoms with Gasteiger partial charge in [0.05, 0.1) is 116 Å². The molecule has 0 aliphatic carbocycles. The molecule has 3 unspecified atom stereocenters. The Morgan fingerprint density at radius 1 is 0.518 bits per heavy atom. The summed E-state index contributed by atoms with van der Waals surface area (Å²) in [5.74, 6) is -4.96. The third kappa shape index (κ3) is 23.5. The van der Waals surface area contributed by atoms with Crippen molar-refractivity contribution in [3.8, 4) is 39.5 Å². The Bertz CT molecular complexity index is 7420. The van der Waals surface area contributed by atoms with Crippen LogP contribution in [0.15, 0.2) is 124 Å². The fourth-order valence-electron chi connectivity index (χ4n) is 15.6. The standard InChI is InChI=1S/C31H32ClF2N9O3.C26H24ClF2N9O.C19H24BrClN4O3.C12H9F2N5O.CH3F.CH2O3.2K.H/c1-16-9-10-18(24(34)23(16)33)25-22-26(35)36-15-37-28(22)42(39-25)17(2)27-38-20-8-6-7-19(32)21(20)29(44)43(27)41-13-11-40(12-14-41)30(45)46-31(3,4)5;1-13-6-7-15(21(29)20(13)28)22-19-23(30)32-12-33-25(19)37(35-22)14(2)24-34-17-5-3-4-16(27)18(17)26(39)38(24)36-10-8-31-9-11-36;1-12(20)16-22-14-7-5-6-13(21)15(14)17(26)25(16)24-10-8-23(9-11-24)18(27)28-19(2,3)4;1-20-6-3-2-5(8(13)9(6)14)10-7-11(15)16-4-17-12(7)19-18-10;1-2;2-1-4-3;;;/h6-10,15,17H,11-14H2,1-5H3,(H2,35,36,37);3-7,12,14,31H,8-11H2,1-2H3,(H2,30,32,33);5-7,12H,8-11H2,1-4H3;2-4H,1H3,(H3,15,16,17,18,19);1H3;1,3H;;;/q;;;;;;2*+1;-1/p-1/i;;;;1D;;;;. The van der Waals surface area contributed by atoms with Gasteiger partial charge < -0.3 is 73.1 Å². The van der Waals surface area contributed by atoms with E-state index in [4.69, 9.17) is 87.6 Å². The number of halogens is 11. The number of ether oxygens (including phenoxy) is 3. The summed E-state index contributed by atoms with van der Waals surface area (Å²) in [5, 5.41) is 35.8. The summed E-state index contributed by atoms with van der Waals surface area (Å²) >= 11 is 22.7. The molecule has 8 N–H and O–H groups in total. The van der Waals surface area contributed by atoms with Gasteiger partial charge in [0.2, 0.25) is 5.82 Å². The smallest absolute Gasteiger partial charge is 1.00 e. The number of benzene rings is 6. The van der Waals surface area contributed by atoms with Crippen LogP contribution in [0.25, 0.3) is 99.6 Å². The predicted octanol–water partition coefficient (Wildman–Crippen LogP) is 6.72. The van der Waals surface area contributed by atoms with Crippen molar-refractivity contribution in [3.05, 3.63) is 220 Å². The zero-order chi connectivity index (χ0) is 102. The molecule has 51 heteroatoms. The predicted molar refractivity (Wildman–Crippen MR) is 513 cm³/mol. The van der Waals surface area contributed by atoms with E-state index in [-0.39, 0.29) is 271 Å². The first-order chi connectivity index (χ1) is 66.6. The first-order valence-corrected chi connectivity index (χ1v) is 44.8. The van der Waals surface area contributed by atoms with E-state index in [1.807, 2.05) is 37.7 Å². The number of nitrogen functional groups attached to an aromatic ring is 3. The fourth-order valence-corrected chi connectivity index (χ4v) is 16.7. The zero-order valence-corrected chi connectivity index (χ0v) is 88.7. The molecule has 0 saturated carbocycles. The van der Waals surface area contributed by atoms with Gasteiger partial charge in [-0.25, -0.2) is 99.8 Å². The molecule has 3 aliphatic rings. The number of carbonyl (C=O) groups is 3. The van der Waals surface area contributed by atoms with Gasteiger partial charge in [0.25, 0.3) is 23.2 Å². The molecule has 3 aliphatic heterocycles. The van der Waals surface area contributed by atoms with Crippen LogP contribution in [-0.4, -0.2) is 221 Å². The number of nitrogens with zero attached hydrogens (tertiary/aromatic N) is 22. The number of aromatic amines is 1. The zero-order valence-electron chi connectivity index (χ0n) is 80.6. The summed E-state index contributed by atoms with van der Waals surface area (Å²) in [5.41, 5.74) is 18.7. The minimum Gasteiger partial charge on any atom is -1.00 e. The molecule has 18 rings (SSSR count). The van der Waals surface area contributed by atoms with Crippen molar-refractivity contribution >= 4 is 153 Å². The number of fused-ring (bicyclic) bond motifs is 6. The van der Waals surface area contributed by atoms with E-state index in [0.717, 1.165) is 0 Å². The van der Waals surface area contributed by atoms with E-state index in [2.05, 4.69) is 81.4 Å². The number of rotatable bonds is 13. The Balaban J connectivity index is 0.000000197. The van der Waals surface area contributed by atoms with Gasteiger partial charge in [-0.15, -0.1) is 0 Å². The SMILES string of the molecule is CC(Br)c1nc2cccc(Cl)c2c(=O)n1N1CCN(C(=O)OC(C)(C)C)CC1.COc1ccc(-c2[nH]nc3ncnc(N)c23)c(F)c1F.Cc1ccc(-c2nn(C(C)c3nc4cccc(Cl)c4c(=O)n3N3CCN(C(=O)OC(C)(C)C)CC3)c3ncnc(N)c23)c(F)c1F.Cc1ccc(-c2nn(C(C)c3nc4cccc(Cl)c4c(=O)n3N3CCNCC3)c3ncnc(N)c23)c(F)c1F.O=CO[O-].[2H]CF.[H-].[K+].[K+]. The van der Waals surface area contributed by atoms with Crippen molar-refractivity contribution < 1.29 is 175 Å². The second kappa shape index (κ2) is 47.1. The normalized spacial score (nSPS) is 14.0. The van der Waals surface area contributed by atoms with Crippen LogP contribution in [0.1, 0.15) is 111 Å². The van der Waals surface area contributed by atoms with Crippen LogP contribution in [0.2, 0.25) is 15.1 Å². The molecule has 734 valence electrons. The molecule has 3 fully saturated rings. The number of nitrogens with one attached hydrogen (secondary N) is 2. The molecule has 3 atom stereocenters. The Morgan fingerprint density at radius 2 is 0.872 bits per heavy atom. The molecule has 3 saturated heterocycles. The van der Waals surface area contributed by atoms with Gasteiger partial charge in [0.15, 0.2) is 63.4 Å². The third-order valence-corrected chi connectivity index (χ3v) is 23.6. The number of H-pyrrole nitrogens is 1. The van der Waals surface area contributed by atoms with Gasteiger partial charge >= 0.3 is 115 Å². The number of carbonyl (C=O) groups excluding carboxylic acids is 3. The van der Waals surface area contributed by atoms with E-state index >= 15 is 8.78 Å². The summed E-state index contributed by atoms with van der Waals surface area (Å²) < 4.78 is 126. The Labute approximate surface area is 910 Å². The first-order valence-electron chi connectivity index (χ1n) is 43.4. The minimum atomic E-state index is -1.08. The second-order valence-corrected chi connectivity index (χ2v) is 36.1. The number of hydrogen-bond donors (Lipinski definition) is 5. The van der Waals surface area contributed by atoms with Crippen molar-refractivity contribution in [1.82, 2.24) is 104 Å². The maximum atomic E-state index is 15.3. The van der Waals surface area contributed by atoms with Crippen LogP contribution >= 0.6 is 50.7 Å². The van der Waals surface area contributed by atoms with E-state index in [1.165, 1.54) is 95.1 Å². The molecule has 0 bridgehead atoms. The van der Waals surface area contributed by atoms with Crippen molar-refractivity contribution in [1.29, 1.82) is 0 Å². The van der Waals surface area contributed by atoms with Crippen LogP contribution in [0.4, 0.5) is 57.8 Å².